The molecule has 0 saturated carbocycles. The van der Waals surface area contributed by atoms with Gasteiger partial charge >= 0.3 is 0 Å². The molecule has 0 radical (unpaired) electrons. The Kier molecular flexibility index (Phi) is 3.30. The van der Waals surface area contributed by atoms with Crippen molar-refractivity contribution in [3.8, 4) is 0 Å². The van der Waals surface area contributed by atoms with Crippen molar-refractivity contribution in [2.45, 2.75) is 12.2 Å². The lowest BCUT2D eigenvalue weighted by Gasteiger charge is -2.15. The molecule has 2 unspecified atom stereocenters. The van der Waals surface area contributed by atoms with Gasteiger partial charge in [0.2, 0.25) is 5.95 Å². The van der Waals surface area contributed by atoms with Crippen molar-refractivity contribution in [2.75, 3.05) is 6.54 Å². The van der Waals surface area contributed by atoms with Crippen LogP contribution in [0.1, 0.15) is 11.7 Å². The number of halogens is 1. The maximum atomic E-state index is 12.9. The van der Waals surface area contributed by atoms with Crippen LogP contribution < -0.4 is 5.73 Å². The van der Waals surface area contributed by atoms with Crippen molar-refractivity contribution < 1.29 is 14.6 Å². The van der Waals surface area contributed by atoms with E-state index in [2.05, 4.69) is 4.98 Å². The van der Waals surface area contributed by atoms with Gasteiger partial charge in [-0.2, -0.15) is 4.39 Å². The highest BCUT2D eigenvalue weighted by Crippen LogP contribution is 2.17. The molecule has 0 fully saturated rings. The van der Waals surface area contributed by atoms with E-state index in [0.29, 0.717) is 0 Å². The molecule has 4 N–H and O–H groups in total. The molecule has 1 heterocycles. The third kappa shape index (κ3) is 2.21. The van der Waals surface area contributed by atoms with Crippen LogP contribution in [0, 0.1) is 5.95 Å². The van der Waals surface area contributed by atoms with Crippen LogP contribution in [0.15, 0.2) is 18.3 Å². The number of aliphatic hydroxyl groups is 2. The number of aliphatic hydroxyl groups excluding tert-OH is 2. The summed E-state index contributed by atoms with van der Waals surface area (Å²) in [6, 6.07) is 2.83. The Morgan fingerprint density at radius 3 is 2.77 bits per heavy atom. The van der Waals surface area contributed by atoms with Crippen LogP contribution in [-0.2, 0) is 0 Å². The summed E-state index contributed by atoms with van der Waals surface area (Å²) in [5.41, 5.74) is 5.07. The fourth-order valence-electron chi connectivity index (χ4n) is 0.955. The fraction of sp³-hybridized carbons (Fsp3) is 0.375. The first-order chi connectivity index (χ1) is 6.16. The van der Waals surface area contributed by atoms with Crippen LogP contribution in [0.25, 0.3) is 0 Å². The molecule has 1 aromatic rings. The molecule has 0 aliphatic carbocycles. The molecular formula is C8H11FN2O2. The molecular weight excluding hydrogens is 175 g/mol. The molecule has 2 atom stereocenters. The van der Waals surface area contributed by atoms with Crippen molar-refractivity contribution in [1.29, 1.82) is 0 Å². The van der Waals surface area contributed by atoms with E-state index in [1.807, 2.05) is 0 Å². The van der Waals surface area contributed by atoms with Gasteiger partial charge in [0.05, 0.1) is 6.10 Å². The molecule has 72 valence electrons. The summed E-state index contributed by atoms with van der Waals surface area (Å²) >= 11 is 0. The SMILES string of the molecule is NCC(O)C(O)c1cccnc1F. The average Bonchev–Trinajstić information content (AvgIpc) is 2.16. The number of pyridine rings is 1. The van der Waals surface area contributed by atoms with Crippen LogP contribution in [0.2, 0.25) is 0 Å². The standard InChI is InChI=1S/C8H11FN2O2/c9-8-5(2-1-3-11-8)7(13)6(12)4-10/h1-3,6-7,12-13H,4,10H2. The number of hydrogen-bond donors (Lipinski definition) is 3. The van der Waals surface area contributed by atoms with Gasteiger partial charge in [-0.3, -0.25) is 0 Å². The van der Waals surface area contributed by atoms with Gasteiger partial charge in [0, 0.05) is 18.3 Å². The molecule has 1 aromatic heterocycles. The van der Waals surface area contributed by atoms with E-state index in [1.54, 1.807) is 0 Å². The zero-order chi connectivity index (χ0) is 9.84. The Morgan fingerprint density at radius 1 is 1.54 bits per heavy atom. The van der Waals surface area contributed by atoms with Crippen molar-refractivity contribution in [3.05, 3.63) is 29.8 Å². The van der Waals surface area contributed by atoms with E-state index < -0.39 is 18.2 Å². The third-order valence-corrected chi connectivity index (χ3v) is 1.71. The molecule has 0 saturated heterocycles. The van der Waals surface area contributed by atoms with E-state index in [-0.39, 0.29) is 12.1 Å². The molecule has 5 heteroatoms. The summed E-state index contributed by atoms with van der Waals surface area (Å²) in [6.45, 7) is -0.129. The van der Waals surface area contributed by atoms with Crippen molar-refractivity contribution in [1.82, 2.24) is 4.98 Å². The minimum absolute atomic E-state index is 0.0412. The van der Waals surface area contributed by atoms with Gasteiger partial charge in [-0.25, -0.2) is 4.98 Å². The molecule has 0 amide bonds. The predicted octanol–water partition coefficient (Wildman–Crippen LogP) is -0.426. The number of aromatic nitrogens is 1. The van der Waals surface area contributed by atoms with Gasteiger partial charge in [-0.1, -0.05) is 6.07 Å². The first-order valence-electron chi connectivity index (χ1n) is 3.83. The lowest BCUT2D eigenvalue weighted by molar-refractivity contribution is 0.0217. The predicted molar refractivity (Wildman–Crippen MR) is 44.2 cm³/mol. The van der Waals surface area contributed by atoms with Gasteiger partial charge in [-0.05, 0) is 6.07 Å². The van der Waals surface area contributed by atoms with Crippen molar-refractivity contribution in [2.24, 2.45) is 5.73 Å². The third-order valence-electron chi connectivity index (χ3n) is 1.71. The number of rotatable bonds is 3. The molecule has 0 bridgehead atoms. The summed E-state index contributed by atoms with van der Waals surface area (Å²) in [4.78, 5) is 3.34. The number of nitrogens with two attached hydrogens (primary N) is 1. The summed E-state index contributed by atoms with van der Waals surface area (Å²) in [7, 11) is 0. The summed E-state index contributed by atoms with van der Waals surface area (Å²) in [6.07, 6.45) is -1.22. The molecule has 13 heavy (non-hydrogen) atoms. The minimum Gasteiger partial charge on any atom is -0.389 e. The highest BCUT2D eigenvalue weighted by molar-refractivity contribution is 5.15. The molecule has 0 aliphatic rings. The van der Waals surface area contributed by atoms with Gasteiger partial charge < -0.3 is 15.9 Å². The maximum Gasteiger partial charge on any atom is 0.218 e. The van der Waals surface area contributed by atoms with Gasteiger partial charge in [0.15, 0.2) is 0 Å². The maximum absolute atomic E-state index is 12.9. The second-order valence-electron chi connectivity index (χ2n) is 2.63. The largest absolute Gasteiger partial charge is 0.389 e. The zero-order valence-corrected chi connectivity index (χ0v) is 6.89. The van der Waals surface area contributed by atoms with Crippen molar-refractivity contribution in [3.63, 3.8) is 0 Å². The normalized spacial score (nSPS) is 15.4. The highest BCUT2D eigenvalue weighted by Gasteiger charge is 2.20. The van der Waals surface area contributed by atoms with Crippen LogP contribution in [0.3, 0.4) is 0 Å². The number of hydrogen-bond acceptors (Lipinski definition) is 4. The Morgan fingerprint density at radius 2 is 2.23 bits per heavy atom. The molecule has 0 aromatic carbocycles. The monoisotopic (exact) mass is 186 g/mol. The van der Waals surface area contributed by atoms with Crippen molar-refractivity contribution >= 4 is 0 Å². The molecule has 0 spiro atoms. The second kappa shape index (κ2) is 4.27. The van der Waals surface area contributed by atoms with E-state index in [1.165, 1.54) is 18.3 Å². The van der Waals surface area contributed by atoms with Gasteiger partial charge in [-0.15, -0.1) is 0 Å². The summed E-state index contributed by atoms with van der Waals surface area (Å²) in [5.74, 6) is -0.789. The first-order valence-corrected chi connectivity index (χ1v) is 3.83. The zero-order valence-electron chi connectivity index (χ0n) is 6.89. The van der Waals surface area contributed by atoms with E-state index in [0.717, 1.165) is 0 Å². The first kappa shape index (κ1) is 10.0. The van der Waals surface area contributed by atoms with Gasteiger partial charge in [0.1, 0.15) is 6.10 Å². The van der Waals surface area contributed by atoms with Gasteiger partial charge in [0.25, 0.3) is 0 Å². The van der Waals surface area contributed by atoms with Crippen LogP contribution in [0.4, 0.5) is 4.39 Å². The second-order valence-corrected chi connectivity index (χ2v) is 2.63. The Labute approximate surface area is 74.8 Å². The average molecular weight is 186 g/mol. The van der Waals surface area contributed by atoms with E-state index >= 15 is 0 Å². The smallest absolute Gasteiger partial charge is 0.218 e. The minimum atomic E-state index is -1.32. The molecule has 4 nitrogen and oxygen atoms in total. The molecule has 0 aliphatic heterocycles. The number of nitrogens with zero attached hydrogens (tertiary/aromatic N) is 1. The topological polar surface area (TPSA) is 79.4 Å². The molecule has 1 rings (SSSR count). The van der Waals surface area contributed by atoms with Crippen LogP contribution in [-0.4, -0.2) is 27.8 Å². The quantitative estimate of drug-likeness (QED) is 0.560. The highest BCUT2D eigenvalue weighted by atomic mass is 19.1. The Bertz CT molecular complexity index is 283. The van der Waals surface area contributed by atoms with Crippen LogP contribution in [0.5, 0.6) is 0 Å². The van der Waals surface area contributed by atoms with E-state index in [4.69, 9.17) is 10.8 Å². The lowest BCUT2D eigenvalue weighted by Crippen LogP contribution is -2.27. The van der Waals surface area contributed by atoms with Crippen LogP contribution >= 0.6 is 0 Å². The fourth-order valence-corrected chi connectivity index (χ4v) is 0.955. The lowest BCUT2D eigenvalue weighted by atomic mass is 10.1. The summed E-state index contributed by atoms with van der Waals surface area (Å²) in [5, 5.41) is 18.5. The van der Waals surface area contributed by atoms with E-state index in [9.17, 15) is 9.50 Å². The summed E-state index contributed by atoms with van der Waals surface area (Å²) < 4.78 is 12.9. The Balaban J connectivity index is 2.88. The Hall–Kier alpha value is -1.04.